The molecule has 132 valence electrons. The maximum Gasteiger partial charge on any atom is 0.306 e. The molecule has 2 amide bonds. The molecule has 0 saturated carbocycles. The molecule has 25 heavy (non-hydrogen) atoms. The Kier molecular flexibility index (Phi) is 6.27. The number of benzene rings is 1. The predicted molar refractivity (Wildman–Crippen MR) is 89.9 cm³/mol. The summed E-state index contributed by atoms with van der Waals surface area (Å²) < 4.78 is 9.60. The van der Waals surface area contributed by atoms with E-state index in [0.29, 0.717) is 11.4 Å². The highest BCUT2D eigenvalue weighted by atomic mass is 16.5. The summed E-state index contributed by atoms with van der Waals surface area (Å²) in [6.45, 7) is 3.18. The van der Waals surface area contributed by atoms with Gasteiger partial charge in [-0.3, -0.25) is 14.4 Å². The third-order valence-electron chi connectivity index (χ3n) is 3.15. The molecular formula is C17H19N3O5. The summed E-state index contributed by atoms with van der Waals surface area (Å²) in [5, 5.41) is 8.69. The molecule has 2 N–H and O–H groups in total. The van der Waals surface area contributed by atoms with Crippen LogP contribution in [0.4, 0.5) is 11.5 Å². The molecular weight excluding hydrogens is 326 g/mol. The van der Waals surface area contributed by atoms with Gasteiger partial charge in [-0.25, -0.2) is 0 Å². The second kappa shape index (κ2) is 8.62. The first-order valence-corrected chi connectivity index (χ1v) is 7.67. The highest BCUT2D eigenvalue weighted by molar-refractivity contribution is 5.94. The van der Waals surface area contributed by atoms with Gasteiger partial charge < -0.3 is 19.9 Å². The summed E-state index contributed by atoms with van der Waals surface area (Å²) in [5.41, 5.74) is 1.74. The SMILES string of the molecule is Cc1ccc(NC(=O)CCC(=O)OCC(=O)Nc2cc(C)on2)cc1. The van der Waals surface area contributed by atoms with E-state index in [1.54, 1.807) is 19.1 Å². The van der Waals surface area contributed by atoms with Crippen LogP contribution in [0.3, 0.4) is 0 Å². The number of ether oxygens (including phenoxy) is 1. The Morgan fingerprint density at radius 3 is 2.40 bits per heavy atom. The lowest BCUT2D eigenvalue weighted by Crippen LogP contribution is -2.21. The molecule has 0 aliphatic heterocycles. The Morgan fingerprint density at radius 2 is 1.76 bits per heavy atom. The van der Waals surface area contributed by atoms with Crippen molar-refractivity contribution < 1.29 is 23.6 Å². The van der Waals surface area contributed by atoms with Crippen LogP contribution >= 0.6 is 0 Å². The molecule has 0 unspecified atom stereocenters. The number of hydrogen-bond donors (Lipinski definition) is 2. The van der Waals surface area contributed by atoms with E-state index in [2.05, 4.69) is 15.8 Å². The third kappa shape index (κ3) is 6.46. The highest BCUT2D eigenvalue weighted by Crippen LogP contribution is 2.09. The molecule has 8 heteroatoms. The quantitative estimate of drug-likeness (QED) is 0.744. The van der Waals surface area contributed by atoms with Gasteiger partial charge in [0.2, 0.25) is 5.91 Å². The lowest BCUT2D eigenvalue weighted by Gasteiger charge is -2.06. The molecule has 1 heterocycles. The number of carbonyl (C=O) groups excluding carboxylic acids is 3. The van der Waals surface area contributed by atoms with Crippen molar-refractivity contribution in [2.75, 3.05) is 17.2 Å². The van der Waals surface area contributed by atoms with Gasteiger partial charge in [-0.1, -0.05) is 22.9 Å². The molecule has 0 atom stereocenters. The lowest BCUT2D eigenvalue weighted by molar-refractivity contribution is -0.147. The van der Waals surface area contributed by atoms with Crippen LogP contribution in [-0.4, -0.2) is 29.5 Å². The van der Waals surface area contributed by atoms with Crippen LogP contribution in [0.2, 0.25) is 0 Å². The summed E-state index contributed by atoms with van der Waals surface area (Å²) in [6.07, 6.45) is -0.148. The third-order valence-corrected chi connectivity index (χ3v) is 3.15. The second-order valence-electron chi connectivity index (χ2n) is 5.45. The van der Waals surface area contributed by atoms with Crippen molar-refractivity contribution in [3.05, 3.63) is 41.7 Å². The zero-order valence-corrected chi connectivity index (χ0v) is 14.0. The first-order chi connectivity index (χ1) is 11.9. The first-order valence-electron chi connectivity index (χ1n) is 7.67. The van der Waals surface area contributed by atoms with Gasteiger partial charge in [0.05, 0.1) is 6.42 Å². The minimum absolute atomic E-state index is 0.0309. The molecule has 0 aliphatic rings. The fourth-order valence-electron chi connectivity index (χ4n) is 1.90. The fourth-order valence-corrected chi connectivity index (χ4v) is 1.90. The Bertz CT molecular complexity index is 752. The number of anilines is 2. The van der Waals surface area contributed by atoms with Crippen LogP contribution in [-0.2, 0) is 19.1 Å². The van der Waals surface area contributed by atoms with E-state index < -0.39 is 18.5 Å². The maximum atomic E-state index is 11.8. The minimum atomic E-state index is -0.634. The molecule has 8 nitrogen and oxygen atoms in total. The van der Waals surface area contributed by atoms with Gasteiger partial charge in [0, 0.05) is 18.2 Å². The lowest BCUT2D eigenvalue weighted by atomic mass is 10.2. The smallest absolute Gasteiger partial charge is 0.306 e. The van der Waals surface area contributed by atoms with Gasteiger partial charge in [-0.2, -0.15) is 0 Å². The molecule has 0 aliphatic carbocycles. The molecule has 0 fully saturated rings. The van der Waals surface area contributed by atoms with Crippen molar-refractivity contribution in [2.24, 2.45) is 0 Å². The average Bonchev–Trinajstić information content (AvgIpc) is 2.98. The maximum absolute atomic E-state index is 11.8. The number of carbonyl (C=O) groups is 3. The Labute approximate surface area is 144 Å². The fraction of sp³-hybridized carbons (Fsp3) is 0.294. The zero-order valence-electron chi connectivity index (χ0n) is 14.0. The molecule has 0 saturated heterocycles. The van der Waals surface area contributed by atoms with Gasteiger partial charge in [0.15, 0.2) is 12.4 Å². The number of aromatic nitrogens is 1. The van der Waals surface area contributed by atoms with E-state index in [9.17, 15) is 14.4 Å². The van der Waals surface area contributed by atoms with Crippen molar-refractivity contribution in [1.29, 1.82) is 0 Å². The monoisotopic (exact) mass is 345 g/mol. The second-order valence-corrected chi connectivity index (χ2v) is 5.45. The van der Waals surface area contributed by atoms with Crippen molar-refractivity contribution in [3.8, 4) is 0 Å². The van der Waals surface area contributed by atoms with Crippen molar-refractivity contribution >= 4 is 29.3 Å². The molecule has 2 rings (SSSR count). The summed E-state index contributed by atoms with van der Waals surface area (Å²) in [4.78, 5) is 34.9. The normalized spacial score (nSPS) is 10.2. The number of amides is 2. The Balaban J connectivity index is 1.65. The number of esters is 1. The zero-order chi connectivity index (χ0) is 18.2. The molecule has 2 aromatic rings. The largest absolute Gasteiger partial charge is 0.456 e. The van der Waals surface area contributed by atoms with Crippen LogP contribution in [0.1, 0.15) is 24.2 Å². The number of nitrogens with zero attached hydrogens (tertiary/aromatic N) is 1. The van der Waals surface area contributed by atoms with Crippen molar-refractivity contribution in [2.45, 2.75) is 26.7 Å². The average molecular weight is 345 g/mol. The van der Waals surface area contributed by atoms with Crippen LogP contribution in [0.15, 0.2) is 34.9 Å². The van der Waals surface area contributed by atoms with E-state index in [1.165, 1.54) is 6.07 Å². The van der Waals surface area contributed by atoms with E-state index in [0.717, 1.165) is 5.56 Å². The van der Waals surface area contributed by atoms with Crippen LogP contribution in [0, 0.1) is 13.8 Å². The molecule has 1 aromatic carbocycles. The van der Waals surface area contributed by atoms with Crippen LogP contribution in [0.25, 0.3) is 0 Å². The molecule has 0 radical (unpaired) electrons. The standard InChI is InChI=1S/C17H19N3O5/c1-11-3-5-13(6-4-11)18-15(21)7-8-17(23)24-10-16(22)19-14-9-12(2)25-20-14/h3-6,9H,7-8,10H2,1-2H3,(H,18,21)(H,19,20,22). The highest BCUT2D eigenvalue weighted by Gasteiger charge is 2.12. The van der Waals surface area contributed by atoms with Gasteiger partial charge in [0.25, 0.3) is 5.91 Å². The Hall–Kier alpha value is -3.16. The van der Waals surface area contributed by atoms with Crippen molar-refractivity contribution in [3.63, 3.8) is 0 Å². The van der Waals surface area contributed by atoms with E-state index in [-0.39, 0.29) is 24.6 Å². The molecule has 0 bridgehead atoms. The van der Waals surface area contributed by atoms with Gasteiger partial charge in [0.1, 0.15) is 5.76 Å². The topological polar surface area (TPSA) is 111 Å². The molecule has 1 aromatic heterocycles. The number of hydrogen-bond acceptors (Lipinski definition) is 6. The van der Waals surface area contributed by atoms with Gasteiger partial charge >= 0.3 is 5.97 Å². The van der Waals surface area contributed by atoms with E-state index >= 15 is 0 Å². The summed E-state index contributed by atoms with van der Waals surface area (Å²) in [7, 11) is 0. The van der Waals surface area contributed by atoms with E-state index in [4.69, 9.17) is 9.26 Å². The van der Waals surface area contributed by atoms with Crippen LogP contribution in [0.5, 0.6) is 0 Å². The first kappa shape index (κ1) is 18.2. The summed E-state index contributed by atoms with van der Waals surface area (Å²) in [6, 6.07) is 8.84. The van der Waals surface area contributed by atoms with Gasteiger partial charge in [-0.05, 0) is 26.0 Å². The Morgan fingerprint density at radius 1 is 1.04 bits per heavy atom. The molecule has 0 spiro atoms. The minimum Gasteiger partial charge on any atom is -0.456 e. The number of rotatable bonds is 7. The summed E-state index contributed by atoms with van der Waals surface area (Å²) >= 11 is 0. The van der Waals surface area contributed by atoms with Crippen molar-refractivity contribution in [1.82, 2.24) is 5.16 Å². The predicted octanol–water partition coefficient (Wildman–Crippen LogP) is 2.19. The number of nitrogens with one attached hydrogen (secondary N) is 2. The van der Waals surface area contributed by atoms with Gasteiger partial charge in [-0.15, -0.1) is 0 Å². The van der Waals surface area contributed by atoms with Crippen LogP contribution < -0.4 is 10.6 Å². The summed E-state index contributed by atoms with van der Waals surface area (Å²) in [5.74, 6) is -0.678. The number of aryl methyl sites for hydroxylation is 2. The van der Waals surface area contributed by atoms with E-state index in [1.807, 2.05) is 19.1 Å².